The van der Waals surface area contributed by atoms with Crippen molar-refractivity contribution >= 4 is 33.2 Å². The number of rotatable bonds is 6. The van der Waals surface area contributed by atoms with Crippen LogP contribution in [0.4, 0.5) is 0 Å². The SMILES string of the molecule is CNC(=O)c1cc(S(=O)(=O)N[C@@H](C(=O)[O-])C(C)C)cs1. The average molecular weight is 319 g/mol. The van der Waals surface area contributed by atoms with Crippen LogP contribution in [0, 0.1) is 5.92 Å². The fraction of sp³-hybridized carbons (Fsp3) is 0.455. The highest BCUT2D eigenvalue weighted by Crippen LogP contribution is 2.20. The van der Waals surface area contributed by atoms with Crippen LogP contribution in [0.3, 0.4) is 0 Å². The monoisotopic (exact) mass is 319 g/mol. The molecule has 0 fully saturated rings. The summed E-state index contributed by atoms with van der Waals surface area (Å²) in [4.78, 5) is 22.4. The molecule has 9 heteroatoms. The van der Waals surface area contributed by atoms with Gasteiger partial charge in [0, 0.05) is 12.4 Å². The number of hydrogen-bond acceptors (Lipinski definition) is 6. The molecule has 0 aromatic carbocycles. The maximum atomic E-state index is 12.0. The van der Waals surface area contributed by atoms with E-state index in [2.05, 4.69) is 10.0 Å². The zero-order valence-electron chi connectivity index (χ0n) is 11.2. The first-order chi connectivity index (χ1) is 9.19. The maximum absolute atomic E-state index is 12.0. The molecule has 1 atom stereocenters. The average Bonchev–Trinajstić information content (AvgIpc) is 2.84. The van der Waals surface area contributed by atoms with Gasteiger partial charge in [0.2, 0.25) is 10.0 Å². The van der Waals surface area contributed by atoms with Crippen LogP contribution in [0.1, 0.15) is 23.5 Å². The van der Waals surface area contributed by atoms with Crippen LogP contribution < -0.4 is 15.1 Å². The fourth-order valence-electron chi connectivity index (χ4n) is 1.39. The van der Waals surface area contributed by atoms with Gasteiger partial charge in [0.15, 0.2) is 0 Å². The van der Waals surface area contributed by atoms with Gasteiger partial charge in [0.1, 0.15) is 0 Å². The first-order valence-electron chi connectivity index (χ1n) is 5.73. The fourth-order valence-corrected chi connectivity index (χ4v) is 3.95. The molecular formula is C11H15N2O5S2-. The molecule has 112 valence electrons. The number of nitrogens with one attached hydrogen (secondary N) is 2. The lowest BCUT2D eigenvalue weighted by Gasteiger charge is -2.22. The minimum atomic E-state index is -4.01. The van der Waals surface area contributed by atoms with Crippen LogP contribution in [0.5, 0.6) is 0 Å². The molecule has 0 saturated heterocycles. The Labute approximate surface area is 121 Å². The number of hydrogen-bond donors (Lipinski definition) is 2. The van der Waals surface area contributed by atoms with Gasteiger partial charge in [0.05, 0.1) is 21.8 Å². The molecule has 1 rings (SSSR count). The second-order valence-corrected chi connectivity index (χ2v) is 7.01. The summed E-state index contributed by atoms with van der Waals surface area (Å²) in [5.74, 6) is -2.37. The van der Waals surface area contributed by atoms with E-state index in [4.69, 9.17) is 0 Å². The van der Waals surface area contributed by atoms with Crippen LogP contribution in [0.2, 0.25) is 0 Å². The van der Waals surface area contributed by atoms with Crippen molar-refractivity contribution in [3.63, 3.8) is 0 Å². The Morgan fingerprint density at radius 1 is 1.35 bits per heavy atom. The van der Waals surface area contributed by atoms with Crippen LogP contribution in [-0.2, 0) is 14.8 Å². The van der Waals surface area contributed by atoms with E-state index < -0.39 is 33.9 Å². The Balaban J connectivity index is 3.02. The van der Waals surface area contributed by atoms with Crippen molar-refractivity contribution in [1.29, 1.82) is 0 Å². The molecule has 1 amide bonds. The Morgan fingerprint density at radius 2 is 1.95 bits per heavy atom. The third-order valence-corrected chi connectivity index (χ3v) is 5.04. The van der Waals surface area contributed by atoms with Crippen molar-refractivity contribution in [2.24, 2.45) is 5.92 Å². The summed E-state index contributed by atoms with van der Waals surface area (Å²) in [5.41, 5.74) is 0. The maximum Gasteiger partial charge on any atom is 0.261 e. The molecule has 0 aliphatic heterocycles. The highest BCUT2D eigenvalue weighted by atomic mass is 32.2. The topological polar surface area (TPSA) is 115 Å². The molecule has 1 aromatic rings. The highest BCUT2D eigenvalue weighted by molar-refractivity contribution is 7.89. The minimum absolute atomic E-state index is 0.145. The predicted octanol–water partition coefficient (Wildman–Crippen LogP) is -0.839. The number of amides is 1. The summed E-state index contributed by atoms with van der Waals surface area (Å²) in [6.07, 6.45) is 0. The molecule has 0 unspecified atom stereocenters. The summed E-state index contributed by atoms with van der Waals surface area (Å²) >= 11 is 0.959. The Bertz CT molecular complexity index is 606. The van der Waals surface area contributed by atoms with Gasteiger partial charge in [-0.15, -0.1) is 11.3 Å². The van der Waals surface area contributed by atoms with E-state index in [1.54, 1.807) is 13.8 Å². The summed E-state index contributed by atoms with van der Waals surface area (Å²) < 4.78 is 26.2. The Morgan fingerprint density at radius 3 is 2.40 bits per heavy atom. The van der Waals surface area contributed by atoms with Crippen LogP contribution in [0.25, 0.3) is 0 Å². The minimum Gasteiger partial charge on any atom is -0.548 e. The molecule has 2 N–H and O–H groups in total. The molecule has 1 heterocycles. The number of sulfonamides is 1. The second kappa shape index (κ2) is 6.33. The van der Waals surface area contributed by atoms with E-state index in [0.29, 0.717) is 0 Å². The molecule has 20 heavy (non-hydrogen) atoms. The zero-order chi connectivity index (χ0) is 15.5. The molecule has 0 bridgehead atoms. The standard InChI is InChI=1S/C11H16N2O5S2/c1-6(2)9(11(15)16)13-20(17,18)7-4-8(19-5-7)10(14)12-3/h4-6,9,13H,1-3H3,(H,12,14)(H,15,16)/p-1/t9-/m1/s1. The van der Waals surface area contributed by atoms with E-state index in [-0.39, 0.29) is 9.77 Å². The van der Waals surface area contributed by atoms with Gasteiger partial charge in [0.25, 0.3) is 5.91 Å². The Kier molecular flexibility index (Phi) is 5.26. The van der Waals surface area contributed by atoms with E-state index in [1.165, 1.54) is 18.5 Å². The van der Waals surface area contributed by atoms with Crippen molar-refractivity contribution in [2.45, 2.75) is 24.8 Å². The molecule has 7 nitrogen and oxygen atoms in total. The number of carboxylic acid groups (broad SMARTS) is 1. The van der Waals surface area contributed by atoms with Gasteiger partial charge >= 0.3 is 0 Å². The first-order valence-corrected chi connectivity index (χ1v) is 8.09. The highest BCUT2D eigenvalue weighted by Gasteiger charge is 2.25. The molecule has 0 radical (unpaired) electrons. The lowest BCUT2D eigenvalue weighted by molar-refractivity contribution is -0.309. The number of aliphatic carboxylic acids is 1. The summed E-state index contributed by atoms with van der Waals surface area (Å²) in [6, 6.07) is -0.137. The molecule has 0 aliphatic carbocycles. The largest absolute Gasteiger partial charge is 0.548 e. The van der Waals surface area contributed by atoms with Gasteiger partial charge < -0.3 is 15.2 Å². The Hall–Kier alpha value is -1.45. The number of carbonyl (C=O) groups is 2. The zero-order valence-corrected chi connectivity index (χ0v) is 12.8. The van der Waals surface area contributed by atoms with Gasteiger partial charge in [-0.25, -0.2) is 13.1 Å². The lowest BCUT2D eigenvalue weighted by Crippen LogP contribution is -2.50. The smallest absolute Gasteiger partial charge is 0.261 e. The van der Waals surface area contributed by atoms with E-state index in [1.807, 2.05) is 0 Å². The number of carbonyl (C=O) groups excluding carboxylic acids is 2. The van der Waals surface area contributed by atoms with Crippen LogP contribution in [0.15, 0.2) is 16.3 Å². The quantitative estimate of drug-likeness (QED) is 0.709. The van der Waals surface area contributed by atoms with Crippen molar-refractivity contribution in [3.8, 4) is 0 Å². The normalized spacial score (nSPS) is 13.2. The van der Waals surface area contributed by atoms with Crippen LogP contribution in [-0.4, -0.2) is 33.4 Å². The summed E-state index contributed by atoms with van der Waals surface area (Å²) in [5, 5.41) is 14.6. The summed E-state index contributed by atoms with van der Waals surface area (Å²) in [7, 11) is -2.58. The third kappa shape index (κ3) is 3.78. The molecule has 1 aromatic heterocycles. The predicted molar refractivity (Wildman–Crippen MR) is 71.7 cm³/mol. The van der Waals surface area contributed by atoms with Crippen LogP contribution >= 0.6 is 11.3 Å². The number of carboxylic acids is 1. The summed E-state index contributed by atoms with van der Waals surface area (Å²) in [6.45, 7) is 3.12. The van der Waals surface area contributed by atoms with E-state index in [0.717, 1.165) is 11.3 Å². The molecule has 0 aliphatic rings. The lowest BCUT2D eigenvalue weighted by atomic mass is 10.1. The van der Waals surface area contributed by atoms with Crippen molar-refractivity contribution < 1.29 is 23.1 Å². The van der Waals surface area contributed by atoms with Gasteiger partial charge in [-0.05, 0) is 12.0 Å². The van der Waals surface area contributed by atoms with Crippen molar-refractivity contribution in [1.82, 2.24) is 10.0 Å². The van der Waals surface area contributed by atoms with E-state index >= 15 is 0 Å². The van der Waals surface area contributed by atoms with Gasteiger partial charge in [-0.2, -0.15) is 0 Å². The molecule has 0 spiro atoms. The molecule has 0 saturated carbocycles. The van der Waals surface area contributed by atoms with Crippen molar-refractivity contribution in [3.05, 3.63) is 16.3 Å². The second-order valence-electron chi connectivity index (χ2n) is 4.39. The first kappa shape index (κ1) is 16.6. The van der Waals surface area contributed by atoms with Gasteiger partial charge in [-0.1, -0.05) is 13.8 Å². The number of thiophene rings is 1. The van der Waals surface area contributed by atoms with Crippen molar-refractivity contribution in [2.75, 3.05) is 7.05 Å². The van der Waals surface area contributed by atoms with E-state index in [9.17, 15) is 23.1 Å². The van der Waals surface area contributed by atoms with Gasteiger partial charge in [-0.3, -0.25) is 4.79 Å². The third-order valence-electron chi connectivity index (χ3n) is 2.54. The molecular weight excluding hydrogens is 304 g/mol.